The van der Waals surface area contributed by atoms with Crippen molar-refractivity contribution in [1.82, 2.24) is 19.5 Å². The van der Waals surface area contributed by atoms with Crippen molar-refractivity contribution in [3.8, 4) is 0 Å². The van der Waals surface area contributed by atoms with Crippen LogP contribution in [0.4, 0.5) is 5.82 Å². The van der Waals surface area contributed by atoms with Gasteiger partial charge in [-0.1, -0.05) is 0 Å². The number of hydrogen-bond acceptors (Lipinski definition) is 11. The Balaban J connectivity index is 0.000000433. The van der Waals surface area contributed by atoms with E-state index in [4.69, 9.17) is 30.3 Å². The largest absolute Gasteiger partial charge is 0.394 e. The van der Waals surface area contributed by atoms with Gasteiger partial charge in [0.15, 0.2) is 17.7 Å². The summed E-state index contributed by atoms with van der Waals surface area (Å²) in [5.41, 5.74) is 6.44. The summed E-state index contributed by atoms with van der Waals surface area (Å²) >= 11 is 0. The van der Waals surface area contributed by atoms with E-state index in [1.807, 2.05) is 0 Å². The number of aliphatic hydroxyl groups excluding tert-OH is 3. The molecular weight excluding hydrogens is 333 g/mol. The second-order valence-electron chi connectivity index (χ2n) is 4.58. The van der Waals surface area contributed by atoms with Crippen LogP contribution in [-0.4, -0.2) is 74.4 Å². The van der Waals surface area contributed by atoms with E-state index in [1.54, 1.807) is 0 Å². The van der Waals surface area contributed by atoms with Crippen molar-refractivity contribution in [2.75, 3.05) is 12.3 Å². The van der Waals surface area contributed by atoms with Crippen LogP contribution < -0.4 is 5.73 Å². The van der Waals surface area contributed by atoms with Gasteiger partial charge < -0.3 is 40.5 Å². The number of ether oxygens (including phenoxy) is 1. The van der Waals surface area contributed by atoms with Gasteiger partial charge in [-0.25, -0.2) is 15.0 Å². The fourth-order valence-corrected chi connectivity index (χ4v) is 2.17. The molecule has 12 nitrogen and oxygen atoms in total. The van der Waals surface area contributed by atoms with Crippen LogP contribution in [0.25, 0.3) is 11.2 Å². The smallest absolute Gasteiger partial charge is 0.324 e. The number of nitrogens with zero attached hydrogens (tertiary/aromatic N) is 4. The number of rotatable bonds is 2. The average molecular weight is 349 g/mol. The molecular formula is C10H16N5O7P. The normalized spacial score (nSPS) is 27.3. The van der Waals surface area contributed by atoms with Gasteiger partial charge in [0.25, 0.3) is 0 Å². The van der Waals surface area contributed by atoms with Gasteiger partial charge in [-0.3, -0.25) is 4.57 Å². The lowest BCUT2D eigenvalue weighted by molar-refractivity contribution is -0.0511. The monoisotopic (exact) mass is 349 g/mol. The van der Waals surface area contributed by atoms with Gasteiger partial charge >= 0.3 is 8.60 Å². The van der Waals surface area contributed by atoms with Crippen molar-refractivity contribution in [2.24, 2.45) is 0 Å². The quantitative estimate of drug-likeness (QED) is 0.276. The molecule has 3 heterocycles. The molecule has 0 aliphatic carbocycles. The summed E-state index contributed by atoms with van der Waals surface area (Å²) in [4.78, 5) is 33.6. The lowest BCUT2D eigenvalue weighted by Crippen LogP contribution is -2.33. The van der Waals surface area contributed by atoms with E-state index in [1.165, 1.54) is 17.2 Å². The minimum atomic E-state index is -2.62. The van der Waals surface area contributed by atoms with E-state index in [-0.39, 0.29) is 5.82 Å². The third-order valence-electron chi connectivity index (χ3n) is 3.18. The van der Waals surface area contributed by atoms with Crippen molar-refractivity contribution < 1.29 is 34.7 Å². The molecule has 0 saturated carbocycles. The van der Waals surface area contributed by atoms with Crippen LogP contribution in [0.5, 0.6) is 0 Å². The van der Waals surface area contributed by atoms with Crippen molar-refractivity contribution in [2.45, 2.75) is 24.5 Å². The van der Waals surface area contributed by atoms with Crippen molar-refractivity contribution in [3.63, 3.8) is 0 Å². The van der Waals surface area contributed by atoms with Crippen LogP contribution in [0, 0.1) is 0 Å². The van der Waals surface area contributed by atoms with Gasteiger partial charge in [-0.2, -0.15) is 0 Å². The summed E-state index contributed by atoms with van der Waals surface area (Å²) in [5, 5.41) is 28.7. The molecule has 1 aliphatic rings. The predicted molar refractivity (Wildman–Crippen MR) is 76.3 cm³/mol. The van der Waals surface area contributed by atoms with Gasteiger partial charge in [0.05, 0.1) is 12.9 Å². The highest BCUT2D eigenvalue weighted by Gasteiger charge is 2.43. The maximum atomic E-state index is 9.95. The van der Waals surface area contributed by atoms with Crippen molar-refractivity contribution in [3.05, 3.63) is 12.7 Å². The standard InChI is InChI=1S/C10H13N5O4.H3O3P/c11-8-5-9(13-2-12-8)15(3-14-5)10-7(18)6(17)4(1-16)19-10;1-4(2)3/h2-4,6-7,10,16-18H,1H2,(H2,11,12,13);1-3H/t4-,6-,7-,10-;/m1./s1. The Bertz CT molecular complexity index is 653. The first-order chi connectivity index (χ1) is 10.9. The molecule has 1 fully saturated rings. The molecule has 1 saturated heterocycles. The predicted octanol–water partition coefficient (Wildman–Crippen LogP) is -2.79. The van der Waals surface area contributed by atoms with Gasteiger partial charge in [-0.15, -0.1) is 0 Å². The summed E-state index contributed by atoms with van der Waals surface area (Å²) in [6, 6.07) is 0. The van der Waals surface area contributed by atoms with Gasteiger partial charge in [0.2, 0.25) is 0 Å². The highest BCUT2D eigenvalue weighted by molar-refractivity contribution is 7.38. The Morgan fingerprint density at radius 2 is 1.83 bits per heavy atom. The third-order valence-corrected chi connectivity index (χ3v) is 3.18. The molecule has 23 heavy (non-hydrogen) atoms. The van der Waals surface area contributed by atoms with Crippen LogP contribution in [-0.2, 0) is 4.74 Å². The number of nitrogen functional groups attached to an aromatic ring is 1. The summed E-state index contributed by atoms with van der Waals surface area (Å²) in [5.74, 6) is 0.218. The second-order valence-corrected chi connectivity index (χ2v) is 5.12. The minimum Gasteiger partial charge on any atom is -0.394 e. The average Bonchev–Trinajstić information content (AvgIpc) is 3.02. The van der Waals surface area contributed by atoms with E-state index in [2.05, 4.69) is 15.0 Å². The Morgan fingerprint density at radius 1 is 1.17 bits per heavy atom. The number of fused-ring (bicyclic) bond motifs is 1. The molecule has 0 aromatic carbocycles. The zero-order valence-electron chi connectivity index (χ0n) is 11.6. The molecule has 8 N–H and O–H groups in total. The number of aliphatic hydroxyl groups is 3. The lowest BCUT2D eigenvalue weighted by Gasteiger charge is -2.16. The first-order valence-corrected chi connectivity index (χ1v) is 7.49. The number of aromatic nitrogens is 4. The topological polar surface area (TPSA) is 200 Å². The first-order valence-electron chi connectivity index (χ1n) is 6.29. The zero-order valence-corrected chi connectivity index (χ0v) is 12.5. The molecule has 128 valence electrons. The van der Waals surface area contributed by atoms with Gasteiger partial charge in [-0.05, 0) is 0 Å². The van der Waals surface area contributed by atoms with E-state index in [0.717, 1.165) is 0 Å². The highest BCUT2D eigenvalue weighted by atomic mass is 31.2. The molecule has 13 heteroatoms. The van der Waals surface area contributed by atoms with Gasteiger partial charge in [0, 0.05) is 0 Å². The number of nitrogens with two attached hydrogens (primary N) is 1. The molecule has 2 aromatic rings. The third kappa shape index (κ3) is 3.71. The number of anilines is 1. The number of imidazole rings is 1. The molecule has 0 unspecified atom stereocenters. The summed E-state index contributed by atoms with van der Waals surface area (Å²) in [6.07, 6.45) is -1.42. The summed E-state index contributed by atoms with van der Waals surface area (Å²) in [7, 11) is -2.62. The molecule has 2 aromatic heterocycles. The van der Waals surface area contributed by atoms with E-state index in [9.17, 15) is 10.2 Å². The number of hydrogen-bond donors (Lipinski definition) is 7. The van der Waals surface area contributed by atoms with Crippen LogP contribution in [0.2, 0.25) is 0 Å². The van der Waals surface area contributed by atoms with E-state index in [0.29, 0.717) is 11.2 Å². The Labute approximate surface area is 130 Å². The molecule has 4 atom stereocenters. The van der Waals surface area contributed by atoms with Crippen molar-refractivity contribution >= 4 is 25.6 Å². The molecule has 0 amide bonds. The van der Waals surface area contributed by atoms with E-state index < -0.39 is 39.7 Å². The zero-order chi connectivity index (χ0) is 17.1. The Hall–Kier alpha value is -1.50. The van der Waals surface area contributed by atoms with Crippen LogP contribution >= 0.6 is 8.60 Å². The molecule has 0 spiro atoms. The van der Waals surface area contributed by atoms with Crippen LogP contribution in [0.15, 0.2) is 12.7 Å². The highest BCUT2D eigenvalue weighted by Crippen LogP contribution is 2.31. The first kappa shape index (κ1) is 17.8. The maximum absolute atomic E-state index is 9.95. The Morgan fingerprint density at radius 3 is 2.39 bits per heavy atom. The fourth-order valence-electron chi connectivity index (χ4n) is 2.17. The van der Waals surface area contributed by atoms with Gasteiger partial charge in [0.1, 0.15) is 30.2 Å². The molecule has 0 bridgehead atoms. The minimum absolute atomic E-state index is 0.218. The fraction of sp³-hybridized carbons (Fsp3) is 0.500. The van der Waals surface area contributed by atoms with Crippen LogP contribution in [0.1, 0.15) is 6.23 Å². The lowest BCUT2D eigenvalue weighted by atomic mass is 10.1. The molecule has 3 rings (SSSR count). The second kappa shape index (κ2) is 7.38. The Kier molecular flexibility index (Phi) is 5.73. The summed E-state index contributed by atoms with van der Waals surface area (Å²) in [6.45, 7) is -0.390. The van der Waals surface area contributed by atoms with Crippen molar-refractivity contribution in [1.29, 1.82) is 0 Å². The SMILES string of the molecule is Nc1ncnc2c1ncn2[C@@H]1O[C@H](CO)[C@@H](O)[C@H]1O.OP(O)O. The molecule has 1 aliphatic heterocycles. The van der Waals surface area contributed by atoms with E-state index >= 15 is 0 Å². The maximum Gasteiger partial charge on any atom is 0.324 e. The summed E-state index contributed by atoms with van der Waals surface area (Å²) < 4.78 is 6.85. The van der Waals surface area contributed by atoms with Crippen LogP contribution in [0.3, 0.4) is 0 Å². The molecule has 0 radical (unpaired) electrons.